The second kappa shape index (κ2) is 5.64. The molecule has 1 aromatic heterocycles. The number of nitrogens with two attached hydrogens (primary N) is 1. The summed E-state index contributed by atoms with van der Waals surface area (Å²) < 4.78 is 5.85. The van der Waals surface area contributed by atoms with Gasteiger partial charge in [-0.25, -0.2) is 4.79 Å². The molecule has 104 valence electrons. The molecular weight excluding hydrogens is 314 g/mol. The molecule has 7 heteroatoms. The van der Waals surface area contributed by atoms with Gasteiger partial charge in [0, 0.05) is 32.2 Å². The van der Waals surface area contributed by atoms with Crippen molar-refractivity contribution in [1.29, 1.82) is 0 Å². The van der Waals surface area contributed by atoms with Gasteiger partial charge in [0.2, 0.25) is 0 Å². The van der Waals surface area contributed by atoms with Crippen LogP contribution in [0.15, 0.2) is 15.2 Å². The van der Waals surface area contributed by atoms with E-state index in [1.807, 2.05) is 0 Å². The van der Waals surface area contributed by atoms with Crippen LogP contribution in [0, 0.1) is 6.92 Å². The molecule has 6 nitrogen and oxygen atoms in total. The van der Waals surface area contributed by atoms with Gasteiger partial charge >= 0.3 is 6.03 Å². The number of hydrogen-bond acceptors (Lipinski definition) is 3. The highest BCUT2D eigenvalue weighted by Gasteiger charge is 2.24. The first-order valence-corrected chi connectivity index (χ1v) is 6.88. The first-order chi connectivity index (χ1) is 8.99. The van der Waals surface area contributed by atoms with E-state index in [9.17, 15) is 9.59 Å². The minimum Gasteiger partial charge on any atom is -0.454 e. The smallest absolute Gasteiger partial charge is 0.314 e. The average Bonchev–Trinajstić information content (AvgIpc) is 2.57. The molecule has 1 aliphatic heterocycles. The van der Waals surface area contributed by atoms with Crippen LogP contribution in [0.25, 0.3) is 0 Å². The van der Waals surface area contributed by atoms with Crippen molar-refractivity contribution in [2.45, 2.75) is 13.3 Å². The van der Waals surface area contributed by atoms with Gasteiger partial charge in [0.25, 0.3) is 5.91 Å². The van der Waals surface area contributed by atoms with E-state index in [0.717, 1.165) is 6.42 Å². The fraction of sp³-hybridized carbons (Fsp3) is 0.500. The van der Waals surface area contributed by atoms with Crippen molar-refractivity contribution in [1.82, 2.24) is 9.80 Å². The summed E-state index contributed by atoms with van der Waals surface area (Å²) in [5, 5.41) is 0. The molecule has 0 saturated carbocycles. The maximum absolute atomic E-state index is 12.4. The Hall–Kier alpha value is -1.50. The summed E-state index contributed by atoms with van der Waals surface area (Å²) in [6.45, 7) is 3.92. The fourth-order valence-electron chi connectivity index (χ4n) is 2.17. The molecule has 0 aliphatic carbocycles. The van der Waals surface area contributed by atoms with Crippen LogP contribution in [0.2, 0.25) is 0 Å². The van der Waals surface area contributed by atoms with Crippen molar-refractivity contribution in [3.63, 3.8) is 0 Å². The molecule has 0 atom stereocenters. The van der Waals surface area contributed by atoms with Gasteiger partial charge in [0.15, 0.2) is 4.67 Å². The van der Waals surface area contributed by atoms with Crippen molar-refractivity contribution in [2.75, 3.05) is 26.2 Å². The quantitative estimate of drug-likeness (QED) is 0.849. The Morgan fingerprint density at radius 2 is 1.89 bits per heavy atom. The Labute approximate surface area is 119 Å². The Bertz CT molecular complexity index is 500. The zero-order valence-corrected chi connectivity index (χ0v) is 12.3. The van der Waals surface area contributed by atoms with E-state index in [1.165, 1.54) is 0 Å². The Morgan fingerprint density at radius 3 is 2.47 bits per heavy atom. The number of furan rings is 1. The number of urea groups is 1. The predicted molar refractivity (Wildman–Crippen MR) is 72.8 cm³/mol. The number of amides is 3. The summed E-state index contributed by atoms with van der Waals surface area (Å²) in [7, 11) is 0. The van der Waals surface area contributed by atoms with Gasteiger partial charge in [-0.05, 0) is 29.3 Å². The topological polar surface area (TPSA) is 79.8 Å². The lowest BCUT2D eigenvalue weighted by atomic mass is 10.2. The largest absolute Gasteiger partial charge is 0.454 e. The van der Waals surface area contributed by atoms with E-state index in [0.29, 0.717) is 42.2 Å². The molecule has 0 unspecified atom stereocenters. The maximum Gasteiger partial charge on any atom is 0.314 e. The predicted octanol–water partition coefficient (Wildman–Crippen LogP) is 1.58. The first kappa shape index (κ1) is 13.9. The van der Waals surface area contributed by atoms with Crippen LogP contribution >= 0.6 is 15.9 Å². The van der Waals surface area contributed by atoms with Crippen LogP contribution in [0.5, 0.6) is 0 Å². The molecule has 1 saturated heterocycles. The van der Waals surface area contributed by atoms with Gasteiger partial charge in [0.1, 0.15) is 5.76 Å². The number of rotatable bonds is 1. The lowest BCUT2D eigenvalue weighted by Gasteiger charge is -2.20. The molecule has 1 aliphatic rings. The fourth-order valence-corrected chi connectivity index (χ4v) is 2.64. The molecule has 19 heavy (non-hydrogen) atoms. The van der Waals surface area contributed by atoms with Crippen molar-refractivity contribution >= 4 is 27.9 Å². The van der Waals surface area contributed by atoms with Crippen molar-refractivity contribution < 1.29 is 14.0 Å². The summed E-state index contributed by atoms with van der Waals surface area (Å²) in [5.41, 5.74) is 5.81. The highest BCUT2D eigenvalue weighted by molar-refractivity contribution is 9.10. The van der Waals surface area contributed by atoms with Gasteiger partial charge in [0.05, 0.1) is 5.56 Å². The van der Waals surface area contributed by atoms with E-state index >= 15 is 0 Å². The monoisotopic (exact) mass is 329 g/mol. The van der Waals surface area contributed by atoms with Crippen LogP contribution in [0.3, 0.4) is 0 Å². The Balaban J connectivity index is 2.08. The van der Waals surface area contributed by atoms with Crippen LogP contribution in [0.4, 0.5) is 4.79 Å². The van der Waals surface area contributed by atoms with Crippen molar-refractivity contribution in [2.24, 2.45) is 5.73 Å². The number of hydrogen-bond donors (Lipinski definition) is 1. The third-order valence-corrected chi connectivity index (χ3v) is 3.60. The SMILES string of the molecule is Cc1oc(Br)cc1C(=O)N1CCCN(C(N)=O)CC1. The maximum atomic E-state index is 12.4. The number of carbonyl (C=O) groups excluding carboxylic acids is 2. The molecule has 3 amide bonds. The van der Waals surface area contributed by atoms with Crippen LogP contribution in [-0.4, -0.2) is 47.9 Å². The third kappa shape index (κ3) is 3.09. The minimum atomic E-state index is -0.434. The molecule has 0 aromatic carbocycles. The van der Waals surface area contributed by atoms with E-state index in [2.05, 4.69) is 15.9 Å². The van der Waals surface area contributed by atoms with Crippen LogP contribution in [0.1, 0.15) is 22.5 Å². The minimum absolute atomic E-state index is 0.0710. The summed E-state index contributed by atoms with van der Waals surface area (Å²) >= 11 is 3.21. The van der Waals surface area contributed by atoms with Gasteiger partial charge in [-0.15, -0.1) is 0 Å². The van der Waals surface area contributed by atoms with E-state index in [4.69, 9.17) is 10.2 Å². The molecule has 0 spiro atoms. The summed E-state index contributed by atoms with van der Waals surface area (Å²) in [6, 6.07) is 1.24. The molecule has 0 radical (unpaired) electrons. The Kier molecular flexibility index (Phi) is 4.14. The normalized spacial score (nSPS) is 16.3. The molecule has 0 bridgehead atoms. The average molecular weight is 330 g/mol. The number of carbonyl (C=O) groups is 2. The van der Waals surface area contributed by atoms with E-state index in [-0.39, 0.29) is 5.91 Å². The summed E-state index contributed by atoms with van der Waals surface area (Å²) in [6.07, 6.45) is 0.729. The molecule has 1 fully saturated rings. The van der Waals surface area contributed by atoms with Crippen molar-refractivity contribution in [3.8, 4) is 0 Å². The highest BCUT2D eigenvalue weighted by atomic mass is 79.9. The van der Waals surface area contributed by atoms with E-state index < -0.39 is 6.03 Å². The summed E-state index contributed by atoms with van der Waals surface area (Å²) in [5.74, 6) is 0.520. The van der Waals surface area contributed by atoms with Gasteiger partial charge in [-0.3, -0.25) is 4.79 Å². The van der Waals surface area contributed by atoms with Gasteiger partial charge in [-0.2, -0.15) is 0 Å². The van der Waals surface area contributed by atoms with Gasteiger partial charge < -0.3 is 20.0 Å². The molecule has 2 N–H and O–H groups in total. The molecule has 1 aromatic rings. The second-order valence-corrected chi connectivity index (χ2v) is 5.27. The first-order valence-electron chi connectivity index (χ1n) is 6.08. The lowest BCUT2D eigenvalue weighted by molar-refractivity contribution is 0.0761. The number of primary amides is 1. The number of halogens is 1. The van der Waals surface area contributed by atoms with Gasteiger partial charge in [-0.1, -0.05) is 0 Å². The zero-order valence-electron chi connectivity index (χ0n) is 10.7. The number of nitrogens with zero attached hydrogens (tertiary/aromatic N) is 2. The molecular formula is C12H16BrN3O3. The number of aryl methyl sites for hydroxylation is 1. The van der Waals surface area contributed by atoms with Crippen molar-refractivity contribution in [3.05, 3.63) is 22.1 Å². The van der Waals surface area contributed by atoms with Crippen LogP contribution < -0.4 is 5.73 Å². The second-order valence-electron chi connectivity index (χ2n) is 4.49. The molecule has 2 rings (SSSR count). The standard InChI is InChI=1S/C12H16BrN3O3/c1-8-9(7-10(13)19-8)11(17)15-3-2-4-16(6-5-15)12(14)18/h7H,2-6H2,1H3,(H2,14,18). The lowest BCUT2D eigenvalue weighted by Crippen LogP contribution is -2.39. The van der Waals surface area contributed by atoms with E-state index in [1.54, 1.807) is 22.8 Å². The summed E-state index contributed by atoms with van der Waals surface area (Å²) in [4.78, 5) is 26.8. The molecule has 2 heterocycles. The highest BCUT2D eigenvalue weighted by Crippen LogP contribution is 2.21. The Morgan fingerprint density at radius 1 is 1.26 bits per heavy atom. The van der Waals surface area contributed by atoms with Crippen LogP contribution in [-0.2, 0) is 0 Å². The third-order valence-electron chi connectivity index (χ3n) is 3.21. The zero-order chi connectivity index (χ0) is 14.0.